The fourth-order valence-corrected chi connectivity index (χ4v) is 1.71. The maximum Gasteiger partial charge on any atom is 0.389 e. The molecule has 1 aliphatic carbocycles. The predicted octanol–water partition coefficient (Wildman–Crippen LogP) is 1.70. The Balaban J connectivity index is 2.41. The number of nitrogens with zero attached hydrogens (tertiary/aromatic N) is 1. The van der Waals surface area contributed by atoms with E-state index in [1.54, 1.807) is 0 Å². The first-order valence-electron chi connectivity index (χ1n) is 5.41. The highest BCUT2D eigenvalue weighted by Crippen LogP contribution is 2.27. The Morgan fingerprint density at radius 3 is 2.38 bits per heavy atom. The van der Waals surface area contributed by atoms with Crippen molar-refractivity contribution in [3.63, 3.8) is 0 Å². The number of amides is 1. The van der Waals surface area contributed by atoms with Gasteiger partial charge in [-0.25, -0.2) is 0 Å². The number of hydrogen-bond donors (Lipinski definition) is 1. The molecule has 94 valence electrons. The van der Waals surface area contributed by atoms with Crippen molar-refractivity contribution in [1.82, 2.24) is 4.90 Å². The number of carbonyl (C=O) groups is 1. The van der Waals surface area contributed by atoms with Crippen molar-refractivity contribution < 1.29 is 23.1 Å². The van der Waals surface area contributed by atoms with Crippen LogP contribution in [0.3, 0.4) is 0 Å². The first-order chi connectivity index (χ1) is 7.44. The average Bonchev–Trinajstić information content (AvgIpc) is 2.09. The summed E-state index contributed by atoms with van der Waals surface area (Å²) in [6.07, 6.45) is -3.23. The molecule has 1 N–H and O–H groups in total. The molecular formula is C10H16F3NO2. The molecule has 0 atom stereocenters. The fourth-order valence-electron chi connectivity index (χ4n) is 1.71. The first kappa shape index (κ1) is 13.3. The van der Waals surface area contributed by atoms with E-state index < -0.39 is 24.9 Å². The highest BCUT2D eigenvalue weighted by Gasteiger charge is 2.32. The molecule has 1 aliphatic rings. The molecule has 0 spiro atoms. The second kappa shape index (κ2) is 5.52. The van der Waals surface area contributed by atoms with Crippen molar-refractivity contribution in [3.05, 3.63) is 0 Å². The number of alkyl halides is 3. The molecule has 0 saturated heterocycles. The van der Waals surface area contributed by atoms with Crippen molar-refractivity contribution in [2.75, 3.05) is 13.2 Å². The van der Waals surface area contributed by atoms with Crippen LogP contribution in [0.5, 0.6) is 0 Å². The Morgan fingerprint density at radius 1 is 1.38 bits per heavy atom. The van der Waals surface area contributed by atoms with E-state index in [4.69, 9.17) is 5.11 Å². The van der Waals surface area contributed by atoms with Crippen LogP contribution in [-0.4, -0.2) is 41.3 Å². The number of carbonyl (C=O) groups excluding carboxylic acids is 1. The number of aliphatic hydroxyl groups excluding tert-OH is 1. The molecule has 0 heterocycles. The van der Waals surface area contributed by atoms with E-state index in [1.165, 1.54) is 4.90 Å². The van der Waals surface area contributed by atoms with Crippen molar-refractivity contribution >= 4 is 5.91 Å². The molecule has 0 bridgehead atoms. The standard InChI is InChI=1S/C10H16F3NO2/c11-10(12,13)5-4-9(16)14(6-7-15)8-2-1-3-8/h8,15H,1-7H2. The maximum absolute atomic E-state index is 11.9. The Morgan fingerprint density at radius 2 is 2.00 bits per heavy atom. The molecule has 1 rings (SSSR count). The van der Waals surface area contributed by atoms with Gasteiger partial charge in [-0.2, -0.15) is 13.2 Å². The van der Waals surface area contributed by atoms with Gasteiger partial charge in [0.25, 0.3) is 0 Å². The summed E-state index contributed by atoms with van der Waals surface area (Å²) < 4.78 is 35.8. The summed E-state index contributed by atoms with van der Waals surface area (Å²) in [5.74, 6) is -0.504. The zero-order chi connectivity index (χ0) is 12.2. The van der Waals surface area contributed by atoms with E-state index in [2.05, 4.69) is 0 Å². The third-order valence-electron chi connectivity index (χ3n) is 2.80. The molecule has 0 aromatic rings. The van der Waals surface area contributed by atoms with Crippen molar-refractivity contribution in [2.24, 2.45) is 0 Å². The molecule has 0 unspecified atom stereocenters. The van der Waals surface area contributed by atoms with Crippen molar-refractivity contribution in [1.29, 1.82) is 0 Å². The minimum absolute atomic E-state index is 0.0351. The Hall–Kier alpha value is -0.780. The molecule has 16 heavy (non-hydrogen) atoms. The van der Waals surface area contributed by atoms with Crippen LogP contribution in [0.1, 0.15) is 32.1 Å². The Bertz CT molecular complexity index is 239. The van der Waals surface area contributed by atoms with Crippen LogP contribution >= 0.6 is 0 Å². The predicted molar refractivity (Wildman–Crippen MR) is 51.7 cm³/mol. The summed E-state index contributed by atoms with van der Waals surface area (Å²) in [4.78, 5) is 12.9. The second-order valence-electron chi connectivity index (χ2n) is 4.01. The van der Waals surface area contributed by atoms with Gasteiger partial charge >= 0.3 is 6.18 Å². The largest absolute Gasteiger partial charge is 0.395 e. The molecule has 0 aromatic carbocycles. The van der Waals surface area contributed by atoms with Gasteiger partial charge in [-0.1, -0.05) is 0 Å². The Labute approximate surface area is 92.2 Å². The zero-order valence-corrected chi connectivity index (χ0v) is 8.96. The molecule has 1 amide bonds. The van der Waals surface area contributed by atoms with Crippen LogP contribution in [0.15, 0.2) is 0 Å². The zero-order valence-electron chi connectivity index (χ0n) is 8.96. The van der Waals surface area contributed by atoms with E-state index in [0.29, 0.717) is 0 Å². The maximum atomic E-state index is 11.9. The SMILES string of the molecule is O=C(CCC(F)(F)F)N(CCO)C1CCC1. The highest BCUT2D eigenvalue weighted by atomic mass is 19.4. The summed E-state index contributed by atoms with van der Waals surface area (Å²) in [5, 5.41) is 8.77. The lowest BCUT2D eigenvalue weighted by Gasteiger charge is -2.37. The van der Waals surface area contributed by atoms with Crippen molar-refractivity contribution in [2.45, 2.75) is 44.3 Å². The van der Waals surface area contributed by atoms with E-state index >= 15 is 0 Å². The van der Waals surface area contributed by atoms with Crippen LogP contribution in [0.25, 0.3) is 0 Å². The van der Waals surface area contributed by atoms with E-state index in [9.17, 15) is 18.0 Å². The number of aliphatic hydroxyl groups is 1. The smallest absolute Gasteiger partial charge is 0.389 e. The van der Waals surface area contributed by atoms with Gasteiger partial charge < -0.3 is 10.0 Å². The van der Waals surface area contributed by atoms with Gasteiger partial charge in [0.1, 0.15) is 0 Å². The lowest BCUT2D eigenvalue weighted by Crippen LogP contribution is -2.45. The van der Waals surface area contributed by atoms with Gasteiger partial charge in [-0.15, -0.1) is 0 Å². The van der Waals surface area contributed by atoms with Crippen LogP contribution in [-0.2, 0) is 4.79 Å². The second-order valence-corrected chi connectivity index (χ2v) is 4.01. The van der Waals surface area contributed by atoms with Gasteiger partial charge in [-0.3, -0.25) is 4.79 Å². The summed E-state index contributed by atoms with van der Waals surface area (Å²) in [7, 11) is 0. The number of halogens is 3. The van der Waals surface area contributed by atoms with Gasteiger partial charge in [0.15, 0.2) is 0 Å². The monoisotopic (exact) mass is 239 g/mol. The van der Waals surface area contributed by atoms with Crippen LogP contribution in [0.4, 0.5) is 13.2 Å². The fraction of sp³-hybridized carbons (Fsp3) is 0.900. The van der Waals surface area contributed by atoms with Gasteiger partial charge in [0, 0.05) is 19.0 Å². The van der Waals surface area contributed by atoms with Crippen LogP contribution in [0.2, 0.25) is 0 Å². The molecule has 0 radical (unpaired) electrons. The van der Waals surface area contributed by atoms with Gasteiger partial charge in [-0.05, 0) is 19.3 Å². The normalized spacial score (nSPS) is 17.0. The van der Waals surface area contributed by atoms with Crippen LogP contribution < -0.4 is 0 Å². The van der Waals surface area contributed by atoms with Crippen LogP contribution in [0, 0.1) is 0 Å². The summed E-state index contributed by atoms with van der Waals surface area (Å²) in [6.45, 7) is -0.0599. The summed E-state index contributed by atoms with van der Waals surface area (Å²) in [5.41, 5.74) is 0. The average molecular weight is 239 g/mol. The molecule has 1 fully saturated rings. The lowest BCUT2D eigenvalue weighted by molar-refractivity contribution is -0.151. The lowest BCUT2D eigenvalue weighted by atomic mass is 9.91. The highest BCUT2D eigenvalue weighted by molar-refractivity contribution is 5.76. The first-order valence-corrected chi connectivity index (χ1v) is 5.41. The van der Waals surface area contributed by atoms with Crippen molar-refractivity contribution in [3.8, 4) is 0 Å². The summed E-state index contributed by atoms with van der Waals surface area (Å²) >= 11 is 0. The molecule has 0 aromatic heterocycles. The van der Waals surface area contributed by atoms with E-state index in [0.717, 1.165) is 19.3 Å². The van der Waals surface area contributed by atoms with Gasteiger partial charge in [0.2, 0.25) is 5.91 Å². The molecular weight excluding hydrogens is 223 g/mol. The molecule has 6 heteroatoms. The summed E-state index contributed by atoms with van der Waals surface area (Å²) in [6, 6.07) is 0.0351. The molecule has 0 aliphatic heterocycles. The van der Waals surface area contributed by atoms with E-state index in [-0.39, 0.29) is 19.2 Å². The minimum Gasteiger partial charge on any atom is -0.395 e. The third-order valence-corrected chi connectivity index (χ3v) is 2.80. The van der Waals surface area contributed by atoms with E-state index in [1.807, 2.05) is 0 Å². The molecule has 3 nitrogen and oxygen atoms in total. The molecule has 1 saturated carbocycles. The quantitative estimate of drug-likeness (QED) is 0.793. The number of rotatable bonds is 5. The Kier molecular flexibility index (Phi) is 4.58. The minimum atomic E-state index is -4.29. The number of hydrogen-bond acceptors (Lipinski definition) is 2. The topological polar surface area (TPSA) is 40.5 Å². The van der Waals surface area contributed by atoms with Gasteiger partial charge in [0.05, 0.1) is 13.0 Å². The third kappa shape index (κ3) is 4.00.